The summed E-state index contributed by atoms with van der Waals surface area (Å²) in [7, 11) is 1.51. The van der Waals surface area contributed by atoms with E-state index in [0.717, 1.165) is 5.56 Å². The molecule has 2 rings (SSSR count). The molecule has 0 saturated carbocycles. The Kier molecular flexibility index (Phi) is 5.06. The molecule has 1 N–H and O–H groups in total. The van der Waals surface area contributed by atoms with Gasteiger partial charge in [-0.15, -0.1) is 0 Å². The number of methoxy groups -OCH3 is 1. The van der Waals surface area contributed by atoms with Crippen LogP contribution in [0.2, 0.25) is 5.02 Å². The van der Waals surface area contributed by atoms with Gasteiger partial charge in [-0.25, -0.2) is 4.79 Å². The predicted octanol–water partition coefficient (Wildman–Crippen LogP) is 3.42. The Morgan fingerprint density at radius 3 is 2.33 bits per heavy atom. The molecule has 5 heteroatoms. The van der Waals surface area contributed by atoms with E-state index in [1.54, 1.807) is 48.5 Å². The maximum Gasteiger partial charge on any atom is 0.345 e. The number of hydrogen-bond acceptors (Lipinski definition) is 3. The summed E-state index contributed by atoms with van der Waals surface area (Å²) in [5.41, 5.74) is 0.835. The van der Waals surface area contributed by atoms with E-state index in [9.17, 15) is 9.90 Å². The van der Waals surface area contributed by atoms with Crippen LogP contribution in [0.15, 0.2) is 48.5 Å². The quantitative estimate of drug-likeness (QED) is 0.888. The van der Waals surface area contributed by atoms with Crippen LogP contribution in [0.3, 0.4) is 0 Å². The number of carboxylic acid groups (broad SMARTS) is 1. The first kappa shape index (κ1) is 15.2. The average Bonchev–Trinajstić information content (AvgIpc) is 2.49. The SMILES string of the molecule is COc1ccccc1O[C@H](Cc1ccc(Cl)cc1)C(=O)O. The lowest BCUT2D eigenvalue weighted by Gasteiger charge is -2.17. The zero-order chi connectivity index (χ0) is 15.2. The van der Waals surface area contributed by atoms with Crippen molar-refractivity contribution in [2.45, 2.75) is 12.5 Å². The van der Waals surface area contributed by atoms with Gasteiger partial charge in [0, 0.05) is 11.4 Å². The molecule has 0 heterocycles. The van der Waals surface area contributed by atoms with Gasteiger partial charge in [-0.1, -0.05) is 35.9 Å². The fraction of sp³-hybridized carbons (Fsp3) is 0.188. The second kappa shape index (κ2) is 6.99. The molecule has 0 aliphatic rings. The van der Waals surface area contributed by atoms with Crippen molar-refractivity contribution in [3.63, 3.8) is 0 Å². The number of hydrogen-bond donors (Lipinski definition) is 1. The highest BCUT2D eigenvalue weighted by atomic mass is 35.5. The zero-order valence-electron chi connectivity index (χ0n) is 11.5. The fourth-order valence-corrected chi connectivity index (χ4v) is 2.01. The summed E-state index contributed by atoms with van der Waals surface area (Å²) in [5.74, 6) is -0.128. The molecule has 2 aromatic rings. The van der Waals surface area contributed by atoms with E-state index in [0.29, 0.717) is 16.5 Å². The van der Waals surface area contributed by atoms with E-state index < -0.39 is 12.1 Å². The number of benzene rings is 2. The molecule has 0 aliphatic heterocycles. The Morgan fingerprint density at radius 1 is 1.14 bits per heavy atom. The normalized spacial score (nSPS) is 11.7. The Balaban J connectivity index is 2.16. The van der Waals surface area contributed by atoms with Crippen molar-refractivity contribution in [2.24, 2.45) is 0 Å². The van der Waals surface area contributed by atoms with Crippen molar-refractivity contribution in [3.05, 3.63) is 59.1 Å². The van der Waals surface area contributed by atoms with Gasteiger partial charge in [-0.3, -0.25) is 0 Å². The lowest BCUT2D eigenvalue weighted by Crippen LogP contribution is -2.29. The van der Waals surface area contributed by atoms with E-state index in [2.05, 4.69) is 0 Å². The van der Waals surface area contributed by atoms with Gasteiger partial charge in [0.1, 0.15) is 0 Å². The van der Waals surface area contributed by atoms with E-state index in [1.807, 2.05) is 0 Å². The minimum atomic E-state index is -1.03. The third-order valence-electron chi connectivity index (χ3n) is 2.95. The van der Waals surface area contributed by atoms with Gasteiger partial charge in [0.25, 0.3) is 0 Å². The molecule has 0 aliphatic carbocycles. The highest BCUT2D eigenvalue weighted by Crippen LogP contribution is 2.27. The number of carboxylic acids is 1. The van der Waals surface area contributed by atoms with Crippen LogP contribution in [-0.2, 0) is 11.2 Å². The summed E-state index contributed by atoms with van der Waals surface area (Å²) < 4.78 is 10.7. The molecule has 0 spiro atoms. The Morgan fingerprint density at radius 2 is 1.76 bits per heavy atom. The van der Waals surface area contributed by atoms with Gasteiger partial charge in [0.15, 0.2) is 17.6 Å². The van der Waals surface area contributed by atoms with Crippen LogP contribution in [0, 0.1) is 0 Å². The van der Waals surface area contributed by atoms with Crippen molar-refractivity contribution < 1.29 is 19.4 Å². The summed E-state index contributed by atoms with van der Waals surface area (Å²) in [6.45, 7) is 0. The third-order valence-corrected chi connectivity index (χ3v) is 3.20. The minimum Gasteiger partial charge on any atom is -0.493 e. The number of para-hydroxylation sites is 2. The minimum absolute atomic E-state index is 0.241. The van der Waals surface area contributed by atoms with Crippen molar-refractivity contribution >= 4 is 17.6 Å². The summed E-state index contributed by atoms with van der Waals surface area (Å²) in [4.78, 5) is 11.4. The molecule has 21 heavy (non-hydrogen) atoms. The molecular weight excluding hydrogens is 292 g/mol. The Labute approximate surface area is 127 Å². The first-order valence-electron chi connectivity index (χ1n) is 6.37. The van der Waals surface area contributed by atoms with Crippen LogP contribution in [0.25, 0.3) is 0 Å². The lowest BCUT2D eigenvalue weighted by molar-refractivity contribution is -0.145. The van der Waals surface area contributed by atoms with E-state index in [-0.39, 0.29) is 6.42 Å². The highest BCUT2D eigenvalue weighted by molar-refractivity contribution is 6.30. The first-order chi connectivity index (χ1) is 10.1. The predicted molar refractivity (Wildman–Crippen MR) is 80.2 cm³/mol. The summed E-state index contributed by atoms with van der Waals surface area (Å²) >= 11 is 5.82. The second-order valence-corrected chi connectivity index (χ2v) is 4.86. The van der Waals surface area contributed by atoms with Crippen LogP contribution in [0.5, 0.6) is 11.5 Å². The highest BCUT2D eigenvalue weighted by Gasteiger charge is 2.21. The van der Waals surface area contributed by atoms with Gasteiger partial charge in [-0.2, -0.15) is 0 Å². The van der Waals surface area contributed by atoms with Crippen LogP contribution >= 0.6 is 11.6 Å². The van der Waals surface area contributed by atoms with Gasteiger partial charge < -0.3 is 14.6 Å². The maximum atomic E-state index is 11.4. The van der Waals surface area contributed by atoms with Gasteiger partial charge in [-0.05, 0) is 29.8 Å². The standard InChI is InChI=1S/C16H15ClO4/c1-20-13-4-2-3-5-14(13)21-15(16(18)19)10-11-6-8-12(17)9-7-11/h2-9,15H,10H2,1H3,(H,18,19)/t15-/m1/s1. The molecule has 2 aromatic carbocycles. The van der Waals surface area contributed by atoms with E-state index in [4.69, 9.17) is 21.1 Å². The van der Waals surface area contributed by atoms with Crippen molar-refractivity contribution in [3.8, 4) is 11.5 Å². The summed E-state index contributed by atoms with van der Waals surface area (Å²) in [6.07, 6.45) is -0.757. The molecule has 0 radical (unpaired) electrons. The molecule has 0 fully saturated rings. The van der Waals surface area contributed by atoms with Crippen LogP contribution in [-0.4, -0.2) is 24.3 Å². The molecule has 0 amide bonds. The lowest BCUT2D eigenvalue weighted by atomic mass is 10.1. The molecule has 0 saturated heterocycles. The molecule has 0 unspecified atom stereocenters. The molecule has 0 aromatic heterocycles. The largest absolute Gasteiger partial charge is 0.493 e. The topological polar surface area (TPSA) is 55.8 Å². The van der Waals surface area contributed by atoms with Gasteiger partial charge in [0.2, 0.25) is 0 Å². The fourth-order valence-electron chi connectivity index (χ4n) is 1.88. The number of halogens is 1. The van der Waals surface area contributed by atoms with Crippen LogP contribution in [0.1, 0.15) is 5.56 Å². The number of ether oxygens (including phenoxy) is 2. The van der Waals surface area contributed by atoms with Gasteiger partial charge in [0.05, 0.1) is 7.11 Å². The number of carbonyl (C=O) groups is 1. The van der Waals surface area contributed by atoms with Crippen LogP contribution < -0.4 is 9.47 Å². The smallest absolute Gasteiger partial charge is 0.345 e. The zero-order valence-corrected chi connectivity index (χ0v) is 12.2. The second-order valence-electron chi connectivity index (χ2n) is 4.43. The Hall–Kier alpha value is -2.20. The van der Waals surface area contributed by atoms with Gasteiger partial charge >= 0.3 is 5.97 Å². The monoisotopic (exact) mass is 306 g/mol. The van der Waals surface area contributed by atoms with Crippen molar-refractivity contribution in [2.75, 3.05) is 7.11 Å². The number of aliphatic carboxylic acids is 1. The summed E-state index contributed by atoms with van der Waals surface area (Å²) in [6, 6.07) is 14.0. The van der Waals surface area contributed by atoms with Crippen molar-refractivity contribution in [1.29, 1.82) is 0 Å². The molecule has 110 valence electrons. The molecule has 4 nitrogen and oxygen atoms in total. The Bertz CT molecular complexity index is 610. The molecule has 0 bridgehead atoms. The molecule has 1 atom stereocenters. The molecular formula is C16H15ClO4. The maximum absolute atomic E-state index is 11.4. The van der Waals surface area contributed by atoms with Crippen LogP contribution in [0.4, 0.5) is 0 Å². The van der Waals surface area contributed by atoms with E-state index in [1.165, 1.54) is 7.11 Å². The third kappa shape index (κ3) is 4.13. The average molecular weight is 307 g/mol. The van der Waals surface area contributed by atoms with Crippen molar-refractivity contribution in [1.82, 2.24) is 0 Å². The first-order valence-corrected chi connectivity index (χ1v) is 6.75. The van der Waals surface area contributed by atoms with E-state index >= 15 is 0 Å². The summed E-state index contributed by atoms with van der Waals surface area (Å²) in [5, 5.41) is 9.93. The number of rotatable bonds is 6.